The van der Waals surface area contributed by atoms with Gasteiger partial charge in [0.2, 0.25) is 0 Å². The third kappa shape index (κ3) is 3.21. The third-order valence-electron chi connectivity index (χ3n) is 3.95. The van der Waals surface area contributed by atoms with Crippen LogP contribution in [0.4, 0.5) is 0 Å². The van der Waals surface area contributed by atoms with Crippen LogP contribution in [0.5, 0.6) is 0 Å². The maximum atomic E-state index is 5.94. The summed E-state index contributed by atoms with van der Waals surface area (Å²) in [6.07, 6.45) is 7.68. The summed E-state index contributed by atoms with van der Waals surface area (Å²) < 4.78 is 5.94. The lowest BCUT2D eigenvalue weighted by atomic mass is 9.75. The van der Waals surface area contributed by atoms with Gasteiger partial charge < -0.3 is 10.1 Å². The molecule has 1 N–H and O–H groups in total. The minimum atomic E-state index is 0.0988. The van der Waals surface area contributed by atoms with Gasteiger partial charge in [0.1, 0.15) is 0 Å². The first-order valence-corrected chi connectivity index (χ1v) is 6.95. The molecule has 1 unspecified atom stereocenters. The van der Waals surface area contributed by atoms with Gasteiger partial charge in [-0.05, 0) is 31.7 Å². The maximum Gasteiger partial charge on any atom is 0.0833 e. The predicted octanol–water partition coefficient (Wildman–Crippen LogP) is 3.36. The number of methoxy groups -OCH3 is 1. The predicted molar refractivity (Wildman–Crippen MR) is 69.7 cm³/mol. The van der Waals surface area contributed by atoms with Crippen LogP contribution in [0.3, 0.4) is 0 Å². The first kappa shape index (κ1) is 14.0. The van der Waals surface area contributed by atoms with E-state index < -0.39 is 0 Å². The molecule has 0 amide bonds. The molecule has 0 aromatic carbocycles. The molecule has 1 saturated carbocycles. The van der Waals surface area contributed by atoms with Crippen molar-refractivity contribution in [2.24, 2.45) is 5.92 Å². The first-order chi connectivity index (χ1) is 7.66. The minimum absolute atomic E-state index is 0.0988. The largest absolute Gasteiger partial charge is 0.377 e. The average molecular weight is 227 g/mol. The van der Waals surface area contributed by atoms with Gasteiger partial charge >= 0.3 is 0 Å². The number of nitrogens with one attached hydrogen (secondary N) is 1. The molecular weight excluding hydrogens is 198 g/mol. The van der Waals surface area contributed by atoms with E-state index in [4.69, 9.17) is 4.74 Å². The number of ether oxygens (including phenoxy) is 1. The van der Waals surface area contributed by atoms with Crippen molar-refractivity contribution in [2.45, 2.75) is 70.9 Å². The Labute approximate surface area is 101 Å². The molecule has 1 aliphatic rings. The molecule has 1 rings (SSSR count). The van der Waals surface area contributed by atoms with Crippen LogP contribution < -0.4 is 5.32 Å². The van der Waals surface area contributed by atoms with Crippen molar-refractivity contribution in [3.8, 4) is 0 Å². The fraction of sp³-hybridized carbons (Fsp3) is 1.00. The van der Waals surface area contributed by atoms with E-state index in [0.717, 1.165) is 6.54 Å². The van der Waals surface area contributed by atoms with Gasteiger partial charge in [0, 0.05) is 13.2 Å². The quantitative estimate of drug-likeness (QED) is 0.751. The molecule has 0 aliphatic heterocycles. The number of hydrogen-bond donors (Lipinski definition) is 1. The second-order valence-corrected chi connectivity index (χ2v) is 5.51. The third-order valence-corrected chi connectivity index (χ3v) is 3.95. The van der Waals surface area contributed by atoms with Crippen LogP contribution in [0.25, 0.3) is 0 Å². The Morgan fingerprint density at radius 2 is 1.81 bits per heavy atom. The van der Waals surface area contributed by atoms with E-state index in [1.807, 2.05) is 7.11 Å². The molecule has 2 nitrogen and oxygen atoms in total. The van der Waals surface area contributed by atoms with Crippen molar-refractivity contribution in [1.82, 2.24) is 5.32 Å². The van der Waals surface area contributed by atoms with E-state index in [2.05, 4.69) is 26.1 Å². The van der Waals surface area contributed by atoms with Crippen LogP contribution >= 0.6 is 0 Å². The zero-order chi connectivity index (χ0) is 12.0. The van der Waals surface area contributed by atoms with E-state index in [0.29, 0.717) is 12.0 Å². The molecule has 1 aliphatic carbocycles. The Bertz CT molecular complexity index is 185. The fourth-order valence-corrected chi connectivity index (χ4v) is 3.12. The fourth-order valence-electron chi connectivity index (χ4n) is 3.12. The lowest BCUT2D eigenvalue weighted by Crippen LogP contribution is -2.56. The molecule has 0 radical (unpaired) electrons. The lowest BCUT2D eigenvalue weighted by molar-refractivity contribution is -0.0781. The Hall–Kier alpha value is -0.0800. The Morgan fingerprint density at radius 3 is 2.25 bits per heavy atom. The van der Waals surface area contributed by atoms with E-state index >= 15 is 0 Å². The van der Waals surface area contributed by atoms with E-state index in [-0.39, 0.29) is 5.60 Å². The van der Waals surface area contributed by atoms with Crippen LogP contribution in [-0.4, -0.2) is 25.3 Å². The van der Waals surface area contributed by atoms with Gasteiger partial charge in [-0.15, -0.1) is 0 Å². The maximum absolute atomic E-state index is 5.94. The standard InChI is InChI=1S/C14H29NO/c1-5-11-15-13(12(2)3)14(16-4)9-7-6-8-10-14/h12-13,15H,5-11H2,1-4H3. The van der Waals surface area contributed by atoms with Crippen molar-refractivity contribution in [2.75, 3.05) is 13.7 Å². The number of rotatable bonds is 6. The van der Waals surface area contributed by atoms with Gasteiger partial charge in [-0.1, -0.05) is 40.0 Å². The molecule has 0 heterocycles. The summed E-state index contributed by atoms with van der Waals surface area (Å²) in [6.45, 7) is 7.95. The molecule has 96 valence electrons. The molecule has 2 heteroatoms. The molecular formula is C14H29NO. The highest BCUT2D eigenvalue weighted by atomic mass is 16.5. The van der Waals surface area contributed by atoms with Gasteiger partial charge in [0.25, 0.3) is 0 Å². The average Bonchev–Trinajstić information content (AvgIpc) is 2.30. The van der Waals surface area contributed by atoms with Crippen molar-refractivity contribution >= 4 is 0 Å². The van der Waals surface area contributed by atoms with Crippen LogP contribution in [0.2, 0.25) is 0 Å². The molecule has 0 saturated heterocycles. The summed E-state index contributed by atoms with van der Waals surface area (Å²) in [5, 5.41) is 3.71. The normalized spacial score (nSPS) is 22.3. The van der Waals surface area contributed by atoms with E-state index in [9.17, 15) is 0 Å². The molecule has 0 spiro atoms. The summed E-state index contributed by atoms with van der Waals surface area (Å²) in [7, 11) is 1.90. The number of hydrogen-bond acceptors (Lipinski definition) is 2. The SMILES string of the molecule is CCCNC(C(C)C)C1(OC)CCCCC1. The Balaban J connectivity index is 2.70. The van der Waals surface area contributed by atoms with Gasteiger partial charge in [-0.3, -0.25) is 0 Å². The monoisotopic (exact) mass is 227 g/mol. The van der Waals surface area contributed by atoms with Gasteiger partial charge in [0.05, 0.1) is 5.60 Å². The minimum Gasteiger partial charge on any atom is -0.377 e. The summed E-state index contributed by atoms with van der Waals surface area (Å²) in [5.74, 6) is 0.643. The van der Waals surface area contributed by atoms with Gasteiger partial charge in [-0.2, -0.15) is 0 Å². The summed E-state index contributed by atoms with van der Waals surface area (Å²) in [5.41, 5.74) is 0.0988. The second kappa shape index (κ2) is 6.61. The highest BCUT2D eigenvalue weighted by Gasteiger charge is 2.40. The van der Waals surface area contributed by atoms with Crippen LogP contribution in [0, 0.1) is 5.92 Å². The molecule has 0 aromatic heterocycles. The van der Waals surface area contributed by atoms with E-state index in [1.54, 1.807) is 0 Å². The van der Waals surface area contributed by atoms with Crippen LogP contribution in [0.15, 0.2) is 0 Å². The molecule has 1 atom stereocenters. The topological polar surface area (TPSA) is 21.3 Å². The molecule has 16 heavy (non-hydrogen) atoms. The molecule has 1 fully saturated rings. The van der Waals surface area contributed by atoms with Crippen LogP contribution in [-0.2, 0) is 4.74 Å². The highest BCUT2D eigenvalue weighted by Crippen LogP contribution is 2.36. The van der Waals surface area contributed by atoms with Crippen molar-refractivity contribution in [3.05, 3.63) is 0 Å². The van der Waals surface area contributed by atoms with Crippen molar-refractivity contribution < 1.29 is 4.74 Å². The smallest absolute Gasteiger partial charge is 0.0833 e. The summed E-state index contributed by atoms with van der Waals surface area (Å²) in [6, 6.07) is 0.512. The first-order valence-electron chi connectivity index (χ1n) is 6.95. The van der Waals surface area contributed by atoms with Crippen LogP contribution in [0.1, 0.15) is 59.3 Å². The summed E-state index contributed by atoms with van der Waals surface area (Å²) >= 11 is 0. The van der Waals surface area contributed by atoms with Gasteiger partial charge in [0.15, 0.2) is 0 Å². The highest BCUT2D eigenvalue weighted by molar-refractivity contribution is 4.96. The molecule has 0 bridgehead atoms. The lowest BCUT2D eigenvalue weighted by Gasteiger charge is -2.45. The zero-order valence-corrected chi connectivity index (χ0v) is 11.5. The van der Waals surface area contributed by atoms with Gasteiger partial charge in [-0.25, -0.2) is 0 Å². The summed E-state index contributed by atoms with van der Waals surface area (Å²) in [4.78, 5) is 0. The van der Waals surface area contributed by atoms with Crippen molar-refractivity contribution in [3.63, 3.8) is 0 Å². The van der Waals surface area contributed by atoms with Crippen molar-refractivity contribution in [1.29, 1.82) is 0 Å². The Morgan fingerprint density at radius 1 is 1.19 bits per heavy atom. The van der Waals surface area contributed by atoms with E-state index in [1.165, 1.54) is 38.5 Å². The zero-order valence-electron chi connectivity index (χ0n) is 11.5. The molecule has 0 aromatic rings. The Kier molecular flexibility index (Phi) is 5.77. The second-order valence-electron chi connectivity index (χ2n) is 5.51.